The van der Waals surface area contributed by atoms with Crippen molar-refractivity contribution in [1.29, 1.82) is 0 Å². The molecule has 0 amide bonds. The van der Waals surface area contributed by atoms with E-state index in [-0.39, 0.29) is 5.75 Å². The second-order valence-corrected chi connectivity index (χ2v) is 5.86. The lowest BCUT2D eigenvalue weighted by Gasteiger charge is -2.08. The Morgan fingerprint density at radius 2 is 1.54 bits per heavy atom. The Hall–Kier alpha value is -2.16. The van der Waals surface area contributed by atoms with Gasteiger partial charge in [0.25, 0.3) is 0 Å². The van der Waals surface area contributed by atoms with Crippen LogP contribution in [0.5, 0.6) is 5.75 Å². The van der Waals surface area contributed by atoms with Gasteiger partial charge in [0, 0.05) is 0 Å². The van der Waals surface area contributed by atoms with Crippen molar-refractivity contribution in [3.8, 4) is 5.75 Å². The normalized spacial score (nSPS) is 11.2. The third-order valence-electron chi connectivity index (χ3n) is 3.98. The standard InChI is InChI=1S/C21H24F2O/c1-3-5-6-16-7-9-17(10-8-16)11-12-18-13-14-19(24-15-4-2)21(23)20(18)22/h4,7-10,13-15H,3,5-6,11-12H2,1-2H3. The molecule has 0 fully saturated rings. The van der Waals surface area contributed by atoms with Crippen molar-refractivity contribution >= 4 is 0 Å². The van der Waals surface area contributed by atoms with Gasteiger partial charge >= 0.3 is 0 Å². The van der Waals surface area contributed by atoms with Crippen LogP contribution in [0.1, 0.15) is 43.4 Å². The molecule has 24 heavy (non-hydrogen) atoms. The summed E-state index contributed by atoms with van der Waals surface area (Å²) in [4.78, 5) is 0. The Balaban J connectivity index is 2.00. The minimum atomic E-state index is -0.930. The number of aryl methyl sites for hydroxylation is 3. The number of ether oxygens (including phenoxy) is 1. The molecule has 3 heteroatoms. The lowest BCUT2D eigenvalue weighted by molar-refractivity contribution is 0.411. The van der Waals surface area contributed by atoms with Crippen molar-refractivity contribution in [3.63, 3.8) is 0 Å². The van der Waals surface area contributed by atoms with Crippen LogP contribution in [-0.4, -0.2) is 0 Å². The molecule has 0 atom stereocenters. The largest absolute Gasteiger partial charge is 0.462 e. The second-order valence-electron chi connectivity index (χ2n) is 5.86. The zero-order valence-corrected chi connectivity index (χ0v) is 14.3. The molecule has 0 aliphatic rings. The average Bonchev–Trinajstić information content (AvgIpc) is 2.61. The van der Waals surface area contributed by atoms with Gasteiger partial charge in [-0.25, -0.2) is 4.39 Å². The molecule has 0 aliphatic heterocycles. The molecule has 0 heterocycles. The average molecular weight is 330 g/mol. The monoisotopic (exact) mass is 330 g/mol. The Bertz CT molecular complexity index is 675. The molecule has 0 spiro atoms. The summed E-state index contributed by atoms with van der Waals surface area (Å²) >= 11 is 0. The van der Waals surface area contributed by atoms with Gasteiger partial charge in [0.15, 0.2) is 11.6 Å². The summed E-state index contributed by atoms with van der Waals surface area (Å²) in [5.41, 5.74) is 2.82. The van der Waals surface area contributed by atoms with Crippen LogP contribution in [0.2, 0.25) is 0 Å². The van der Waals surface area contributed by atoms with E-state index in [0.717, 1.165) is 12.0 Å². The van der Waals surface area contributed by atoms with Crippen LogP contribution in [-0.2, 0) is 19.3 Å². The maximum Gasteiger partial charge on any atom is 0.201 e. The summed E-state index contributed by atoms with van der Waals surface area (Å²) in [6.07, 6.45) is 7.55. The SMILES string of the molecule is CC=COc1ccc(CCc2ccc(CCCC)cc2)c(F)c1F. The van der Waals surface area contributed by atoms with Crippen molar-refractivity contribution in [1.82, 2.24) is 0 Å². The minimum absolute atomic E-state index is 0.0883. The van der Waals surface area contributed by atoms with Crippen molar-refractivity contribution < 1.29 is 13.5 Å². The zero-order chi connectivity index (χ0) is 17.4. The summed E-state index contributed by atoms with van der Waals surface area (Å²) in [5, 5.41) is 0. The Kier molecular flexibility index (Phi) is 6.98. The van der Waals surface area contributed by atoms with Gasteiger partial charge in [0.1, 0.15) is 0 Å². The topological polar surface area (TPSA) is 9.23 Å². The summed E-state index contributed by atoms with van der Waals surface area (Å²) in [6.45, 7) is 3.92. The lowest BCUT2D eigenvalue weighted by Crippen LogP contribution is -2.00. The molecule has 0 bridgehead atoms. The van der Waals surface area contributed by atoms with Gasteiger partial charge in [-0.15, -0.1) is 0 Å². The third-order valence-corrected chi connectivity index (χ3v) is 3.98. The van der Waals surface area contributed by atoms with E-state index in [1.165, 1.54) is 30.7 Å². The van der Waals surface area contributed by atoms with E-state index in [0.29, 0.717) is 18.4 Å². The molecular formula is C21H24F2O. The van der Waals surface area contributed by atoms with E-state index >= 15 is 0 Å². The van der Waals surface area contributed by atoms with Crippen LogP contribution in [0.4, 0.5) is 8.78 Å². The highest BCUT2D eigenvalue weighted by atomic mass is 19.2. The van der Waals surface area contributed by atoms with Crippen molar-refractivity contribution in [2.45, 2.75) is 46.0 Å². The summed E-state index contributed by atoms with van der Waals surface area (Å²) < 4.78 is 33.1. The first kappa shape index (κ1) is 18.2. The molecule has 0 radical (unpaired) electrons. The fraction of sp³-hybridized carbons (Fsp3) is 0.333. The van der Waals surface area contributed by atoms with Gasteiger partial charge in [0.05, 0.1) is 6.26 Å². The van der Waals surface area contributed by atoms with Crippen molar-refractivity contribution in [2.75, 3.05) is 0 Å². The first-order chi connectivity index (χ1) is 11.7. The molecule has 1 nitrogen and oxygen atoms in total. The van der Waals surface area contributed by atoms with Crippen LogP contribution in [0.25, 0.3) is 0 Å². The highest BCUT2D eigenvalue weighted by Gasteiger charge is 2.14. The highest BCUT2D eigenvalue weighted by molar-refractivity contribution is 5.32. The predicted molar refractivity (Wildman–Crippen MR) is 94.3 cm³/mol. The molecule has 0 saturated carbocycles. The number of unbranched alkanes of at least 4 members (excludes halogenated alkanes) is 1. The molecule has 0 aliphatic carbocycles. The van der Waals surface area contributed by atoms with Crippen LogP contribution in [0.15, 0.2) is 48.7 Å². The highest BCUT2D eigenvalue weighted by Crippen LogP contribution is 2.24. The number of allylic oxidation sites excluding steroid dienone is 1. The maximum atomic E-state index is 14.1. The van der Waals surface area contributed by atoms with Crippen LogP contribution >= 0.6 is 0 Å². The number of rotatable bonds is 8. The summed E-state index contributed by atoms with van der Waals surface area (Å²) in [6, 6.07) is 11.5. The zero-order valence-electron chi connectivity index (χ0n) is 14.3. The molecule has 0 aromatic heterocycles. The molecule has 2 aromatic carbocycles. The molecule has 0 saturated heterocycles. The van der Waals surface area contributed by atoms with E-state index in [1.807, 2.05) is 0 Å². The van der Waals surface area contributed by atoms with Crippen molar-refractivity contribution in [2.24, 2.45) is 0 Å². The third kappa shape index (κ3) is 4.92. The predicted octanol–water partition coefficient (Wildman–Crippen LogP) is 6.01. The quantitative estimate of drug-likeness (QED) is 0.539. The number of benzene rings is 2. The number of halogens is 2. The van der Waals surface area contributed by atoms with Gasteiger partial charge in [0.2, 0.25) is 5.82 Å². The molecule has 128 valence electrons. The fourth-order valence-electron chi connectivity index (χ4n) is 2.53. The van der Waals surface area contributed by atoms with Crippen LogP contribution in [0, 0.1) is 11.6 Å². The molecular weight excluding hydrogens is 306 g/mol. The Labute approximate surface area is 143 Å². The van der Waals surface area contributed by atoms with Gasteiger partial charge in [-0.1, -0.05) is 49.8 Å². The van der Waals surface area contributed by atoms with Crippen molar-refractivity contribution in [3.05, 3.63) is 77.1 Å². The van der Waals surface area contributed by atoms with Crippen LogP contribution < -0.4 is 4.74 Å². The first-order valence-electron chi connectivity index (χ1n) is 8.48. The maximum absolute atomic E-state index is 14.1. The van der Waals surface area contributed by atoms with E-state index < -0.39 is 11.6 Å². The van der Waals surface area contributed by atoms with E-state index in [9.17, 15) is 8.78 Å². The molecule has 0 N–H and O–H groups in total. The van der Waals surface area contributed by atoms with Gasteiger partial charge in [-0.2, -0.15) is 4.39 Å². The van der Waals surface area contributed by atoms with Gasteiger partial charge in [-0.05, 0) is 55.4 Å². The summed E-state index contributed by atoms with van der Waals surface area (Å²) in [5.74, 6) is -1.84. The molecule has 0 unspecified atom stereocenters. The number of hydrogen-bond donors (Lipinski definition) is 0. The second kappa shape index (κ2) is 9.21. The first-order valence-corrected chi connectivity index (χ1v) is 8.48. The minimum Gasteiger partial charge on any atom is -0.462 e. The smallest absolute Gasteiger partial charge is 0.201 e. The Morgan fingerprint density at radius 3 is 2.17 bits per heavy atom. The fourth-order valence-corrected chi connectivity index (χ4v) is 2.53. The van der Waals surface area contributed by atoms with E-state index in [4.69, 9.17) is 4.74 Å². The summed E-state index contributed by atoms with van der Waals surface area (Å²) in [7, 11) is 0. The van der Waals surface area contributed by atoms with Crippen LogP contribution in [0.3, 0.4) is 0 Å². The molecule has 2 rings (SSSR count). The Morgan fingerprint density at radius 1 is 0.875 bits per heavy atom. The van der Waals surface area contributed by atoms with E-state index in [2.05, 4.69) is 31.2 Å². The van der Waals surface area contributed by atoms with Gasteiger partial charge in [-0.3, -0.25) is 0 Å². The molecule has 2 aromatic rings. The van der Waals surface area contributed by atoms with Gasteiger partial charge < -0.3 is 4.74 Å². The lowest BCUT2D eigenvalue weighted by atomic mass is 10.0. The number of hydrogen-bond acceptors (Lipinski definition) is 1. The van der Waals surface area contributed by atoms with E-state index in [1.54, 1.807) is 19.1 Å².